The minimum Gasteiger partial charge on any atom is -0.444 e. The molecule has 0 aliphatic carbocycles. The maximum absolute atomic E-state index is 12.0. The Morgan fingerprint density at radius 1 is 1.04 bits per heavy atom. The number of amides is 2. The minimum atomic E-state index is -0.983. The van der Waals surface area contributed by atoms with Crippen LogP contribution >= 0.6 is 11.6 Å². The Kier molecular flexibility index (Phi) is 6.87. The molecular formula is C16H25ClN4O4. The van der Waals surface area contributed by atoms with Crippen LogP contribution in [-0.2, 0) is 9.47 Å². The number of hydrogen-bond acceptors (Lipinski definition) is 6. The van der Waals surface area contributed by atoms with E-state index in [0.717, 1.165) is 0 Å². The standard InChI is InChI=1S/C16H25ClN4O4/c1-15(2,3)24-13(22)20-12(21-14(23)25-16(4,5)6)19-10-7-8-18-11(17)9-10/h7-9,12H,1-6H3,(H,18,19)(H,20,22)(H,21,23). The van der Waals surface area contributed by atoms with Gasteiger partial charge in [-0.2, -0.15) is 0 Å². The van der Waals surface area contributed by atoms with Crippen LogP contribution in [0, 0.1) is 0 Å². The van der Waals surface area contributed by atoms with E-state index in [1.165, 1.54) is 6.20 Å². The van der Waals surface area contributed by atoms with Crippen molar-refractivity contribution in [3.05, 3.63) is 23.5 Å². The van der Waals surface area contributed by atoms with E-state index in [9.17, 15) is 9.59 Å². The number of nitrogens with one attached hydrogen (secondary N) is 3. The number of carbonyl (C=O) groups excluding carboxylic acids is 2. The summed E-state index contributed by atoms with van der Waals surface area (Å²) in [6, 6.07) is 3.18. The van der Waals surface area contributed by atoms with E-state index >= 15 is 0 Å². The average molecular weight is 373 g/mol. The van der Waals surface area contributed by atoms with Gasteiger partial charge in [-0.25, -0.2) is 14.6 Å². The molecule has 25 heavy (non-hydrogen) atoms. The number of rotatable bonds is 4. The van der Waals surface area contributed by atoms with Crippen LogP contribution in [-0.4, -0.2) is 34.7 Å². The molecule has 0 aliphatic heterocycles. The predicted molar refractivity (Wildman–Crippen MR) is 95.4 cm³/mol. The number of alkyl carbamates (subject to hydrolysis) is 2. The molecular weight excluding hydrogens is 348 g/mol. The van der Waals surface area contributed by atoms with Crippen LogP contribution in [0.1, 0.15) is 41.5 Å². The molecule has 0 aromatic carbocycles. The van der Waals surface area contributed by atoms with Crippen LogP contribution in [0.25, 0.3) is 0 Å². The minimum absolute atomic E-state index is 0.262. The van der Waals surface area contributed by atoms with Crippen molar-refractivity contribution in [3.8, 4) is 0 Å². The zero-order valence-electron chi connectivity index (χ0n) is 15.3. The Balaban J connectivity index is 2.82. The summed E-state index contributed by atoms with van der Waals surface area (Å²) in [4.78, 5) is 27.8. The van der Waals surface area contributed by atoms with Gasteiger partial charge in [0, 0.05) is 11.9 Å². The van der Waals surface area contributed by atoms with E-state index in [-0.39, 0.29) is 5.15 Å². The molecule has 1 aromatic heterocycles. The SMILES string of the molecule is CC(C)(C)OC(=O)NC(NC(=O)OC(C)(C)C)Nc1ccnc(Cl)c1. The molecule has 140 valence electrons. The van der Waals surface area contributed by atoms with Gasteiger partial charge in [-0.1, -0.05) is 11.6 Å². The lowest BCUT2D eigenvalue weighted by Crippen LogP contribution is -2.54. The van der Waals surface area contributed by atoms with Gasteiger partial charge >= 0.3 is 12.2 Å². The highest BCUT2D eigenvalue weighted by molar-refractivity contribution is 6.29. The highest BCUT2D eigenvalue weighted by atomic mass is 35.5. The maximum atomic E-state index is 12.0. The number of pyridine rings is 1. The zero-order chi connectivity index (χ0) is 19.3. The number of hydrogen-bond donors (Lipinski definition) is 3. The van der Waals surface area contributed by atoms with Gasteiger partial charge in [0.1, 0.15) is 16.4 Å². The van der Waals surface area contributed by atoms with Gasteiger partial charge in [-0.3, -0.25) is 10.6 Å². The van der Waals surface area contributed by atoms with Crippen LogP contribution in [0.4, 0.5) is 15.3 Å². The highest BCUT2D eigenvalue weighted by Gasteiger charge is 2.23. The maximum Gasteiger partial charge on any atom is 0.410 e. The summed E-state index contributed by atoms with van der Waals surface area (Å²) in [5.41, 5.74) is -0.821. The Labute approximate surface area is 152 Å². The zero-order valence-corrected chi connectivity index (χ0v) is 16.0. The summed E-state index contributed by atoms with van der Waals surface area (Å²) in [6.45, 7) is 10.4. The van der Waals surface area contributed by atoms with Crippen molar-refractivity contribution in [1.82, 2.24) is 15.6 Å². The Morgan fingerprint density at radius 2 is 1.52 bits per heavy atom. The van der Waals surface area contributed by atoms with Crippen molar-refractivity contribution in [3.63, 3.8) is 0 Å². The van der Waals surface area contributed by atoms with Gasteiger partial charge in [-0.05, 0) is 53.7 Å². The third kappa shape index (κ3) is 9.61. The third-order valence-corrected chi connectivity index (χ3v) is 2.57. The Hall–Kier alpha value is -2.22. The van der Waals surface area contributed by atoms with Crippen molar-refractivity contribution in [1.29, 1.82) is 0 Å². The van der Waals surface area contributed by atoms with Gasteiger partial charge in [0.15, 0.2) is 6.29 Å². The van der Waals surface area contributed by atoms with E-state index in [0.29, 0.717) is 5.69 Å². The normalized spacial score (nSPS) is 11.7. The molecule has 1 aromatic rings. The van der Waals surface area contributed by atoms with Crippen LogP contribution in [0.5, 0.6) is 0 Å². The van der Waals surface area contributed by atoms with E-state index in [2.05, 4.69) is 20.9 Å². The molecule has 0 aliphatic rings. The number of carbonyl (C=O) groups is 2. The molecule has 2 amide bonds. The Morgan fingerprint density at radius 3 is 1.92 bits per heavy atom. The van der Waals surface area contributed by atoms with Crippen molar-refractivity contribution in [2.24, 2.45) is 0 Å². The summed E-state index contributed by atoms with van der Waals surface area (Å²) in [6.07, 6.45) is -0.909. The van der Waals surface area contributed by atoms with Crippen LogP contribution in [0.3, 0.4) is 0 Å². The fraction of sp³-hybridized carbons (Fsp3) is 0.562. The van der Waals surface area contributed by atoms with Gasteiger partial charge in [-0.15, -0.1) is 0 Å². The van der Waals surface area contributed by atoms with Gasteiger partial charge in [0.05, 0.1) is 0 Å². The summed E-state index contributed by atoms with van der Waals surface area (Å²) in [7, 11) is 0. The second-order valence-corrected chi connectivity index (χ2v) is 7.62. The molecule has 3 N–H and O–H groups in total. The smallest absolute Gasteiger partial charge is 0.410 e. The third-order valence-electron chi connectivity index (χ3n) is 2.36. The first-order valence-electron chi connectivity index (χ1n) is 7.71. The van der Waals surface area contributed by atoms with Gasteiger partial charge in [0.2, 0.25) is 0 Å². The topological polar surface area (TPSA) is 102 Å². The van der Waals surface area contributed by atoms with Crippen LogP contribution in [0.2, 0.25) is 5.15 Å². The van der Waals surface area contributed by atoms with E-state index in [4.69, 9.17) is 21.1 Å². The van der Waals surface area contributed by atoms with Crippen LogP contribution in [0.15, 0.2) is 18.3 Å². The predicted octanol–water partition coefficient (Wildman–Crippen LogP) is 3.48. The molecule has 0 atom stereocenters. The molecule has 0 spiro atoms. The largest absolute Gasteiger partial charge is 0.444 e. The fourth-order valence-corrected chi connectivity index (χ4v) is 1.79. The molecule has 0 saturated carbocycles. The summed E-state index contributed by atoms with van der Waals surface area (Å²) < 4.78 is 10.4. The lowest BCUT2D eigenvalue weighted by molar-refractivity contribution is 0.0439. The molecule has 1 heterocycles. The molecule has 1 rings (SSSR count). The number of ether oxygens (including phenoxy) is 2. The fourth-order valence-electron chi connectivity index (χ4n) is 1.62. The first-order chi connectivity index (χ1) is 11.3. The van der Waals surface area contributed by atoms with Crippen molar-refractivity contribution >= 4 is 29.5 Å². The molecule has 9 heteroatoms. The summed E-state index contributed by atoms with van der Waals surface area (Å²) >= 11 is 5.84. The van der Waals surface area contributed by atoms with Gasteiger partial charge < -0.3 is 14.8 Å². The average Bonchev–Trinajstić information content (AvgIpc) is 2.33. The summed E-state index contributed by atoms with van der Waals surface area (Å²) in [5.74, 6) is 0. The lowest BCUT2D eigenvalue weighted by Gasteiger charge is -2.27. The van der Waals surface area contributed by atoms with E-state index in [1.54, 1.807) is 53.7 Å². The number of halogens is 1. The number of anilines is 1. The van der Waals surface area contributed by atoms with E-state index < -0.39 is 29.7 Å². The Bertz CT molecular complexity index is 581. The molecule has 0 radical (unpaired) electrons. The molecule has 8 nitrogen and oxygen atoms in total. The highest BCUT2D eigenvalue weighted by Crippen LogP contribution is 2.13. The van der Waals surface area contributed by atoms with E-state index in [1.807, 2.05) is 0 Å². The molecule has 0 fully saturated rings. The first kappa shape index (κ1) is 20.8. The molecule has 0 bridgehead atoms. The summed E-state index contributed by atoms with van der Waals surface area (Å²) in [5, 5.41) is 8.19. The van der Waals surface area contributed by atoms with Crippen molar-refractivity contribution in [2.45, 2.75) is 59.0 Å². The molecule has 0 unspecified atom stereocenters. The quantitative estimate of drug-likeness (QED) is 0.552. The number of aromatic nitrogens is 1. The lowest BCUT2D eigenvalue weighted by atomic mass is 10.2. The second-order valence-electron chi connectivity index (χ2n) is 7.24. The van der Waals surface area contributed by atoms with Crippen molar-refractivity contribution < 1.29 is 19.1 Å². The second kappa shape index (κ2) is 8.24. The monoisotopic (exact) mass is 372 g/mol. The van der Waals surface area contributed by atoms with Crippen molar-refractivity contribution in [2.75, 3.05) is 5.32 Å². The first-order valence-corrected chi connectivity index (χ1v) is 8.09. The molecule has 0 saturated heterocycles. The number of nitrogens with zero attached hydrogens (tertiary/aromatic N) is 1. The van der Waals surface area contributed by atoms with Gasteiger partial charge in [0.25, 0.3) is 0 Å². The van der Waals surface area contributed by atoms with Crippen LogP contribution < -0.4 is 16.0 Å².